The highest BCUT2D eigenvalue weighted by Crippen LogP contribution is 2.31. The smallest absolute Gasteiger partial charge is 0.416 e. The first-order valence-corrected chi connectivity index (χ1v) is 8.06. The predicted octanol–water partition coefficient (Wildman–Crippen LogP) is 3.67. The number of fused-ring (bicyclic) bond motifs is 1. The second-order valence-corrected chi connectivity index (χ2v) is 6.01. The van der Waals surface area contributed by atoms with Crippen LogP contribution < -0.4 is 5.32 Å². The summed E-state index contributed by atoms with van der Waals surface area (Å²) in [6.07, 6.45) is -2.83. The molecule has 0 spiro atoms. The molecule has 0 bridgehead atoms. The lowest BCUT2D eigenvalue weighted by atomic mass is 10.1. The van der Waals surface area contributed by atoms with Gasteiger partial charge in [-0.2, -0.15) is 13.2 Å². The summed E-state index contributed by atoms with van der Waals surface area (Å²) in [4.78, 5) is 23.9. The fraction of sp³-hybridized carbons (Fsp3) is 0.263. The Kier molecular flexibility index (Phi) is 4.97. The quantitative estimate of drug-likeness (QED) is 0.844. The monoisotopic (exact) mass is 363 g/mol. The number of carbonyl (C=O) groups excluding carboxylic acids is 2. The fourth-order valence-corrected chi connectivity index (χ4v) is 2.95. The van der Waals surface area contributed by atoms with E-state index in [1.54, 1.807) is 0 Å². The number of halogens is 3. The molecular weight excluding hydrogens is 347 g/mol. The van der Waals surface area contributed by atoms with Gasteiger partial charge in [-0.3, -0.25) is 4.79 Å². The van der Waals surface area contributed by atoms with Gasteiger partial charge >= 0.3 is 12.1 Å². The molecule has 0 aromatic heterocycles. The number of carbonyl (C=O) groups is 2. The van der Waals surface area contributed by atoms with E-state index in [4.69, 9.17) is 4.74 Å². The van der Waals surface area contributed by atoms with Gasteiger partial charge in [-0.15, -0.1) is 0 Å². The van der Waals surface area contributed by atoms with Gasteiger partial charge in [0.2, 0.25) is 0 Å². The first-order chi connectivity index (χ1) is 12.3. The third-order valence-corrected chi connectivity index (χ3v) is 4.25. The molecule has 0 fully saturated rings. The van der Waals surface area contributed by atoms with Gasteiger partial charge in [-0.25, -0.2) is 4.79 Å². The van der Waals surface area contributed by atoms with Gasteiger partial charge in [-0.05, 0) is 48.2 Å². The minimum Gasteiger partial charge on any atom is -0.452 e. The highest BCUT2D eigenvalue weighted by atomic mass is 19.4. The molecule has 4 nitrogen and oxygen atoms in total. The molecule has 3 rings (SSSR count). The van der Waals surface area contributed by atoms with Gasteiger partial charge in [0.1, 0.15) is 0 Å². The van der Waals surface area contributed by atoms with Gasteiger partial charge in [-0.1, -0.05) is 24.3 Å². The Morgan fingerprint density at radius 1 is 1.08 bits per heavy atom. The third-order valence-electron chi connectivity index (χ3n) is 4.25. The number of ether oxygens (including phenoxy) is 1. The van der Waals surface area contributed by atoms with Crippen LogP contribution >= 0.6 is 0 Å². The zero-order chi connectivity index (χ0) is 18.7. The van der Waals surface area contributed by atoms with Crippen molar-refractivity contribution in [2.45, 2.75) is 25.1 Å². The summed E-state index contributed by atoms with van der Waals surface area (Å²) in [6.45, 7) is -0.488. The Balaban J connectivity index is 1.52. The van der Waals surface area contributed by atoms with E-state index in [-0.39, 0.29) is 11.6 Å². The van der Waals surface area contributed by atoms with Gasteiger partial charge in [0, 0.05) is 0 Å². The van der Waals surface area contributed by atoms with E-state index in [9.17, 15) is 22.8 Å². The topological polar surface area (TPSA) is 55.4 Å². The zero-order valence-electron chi connectivity index (χ0n) is 13.7. The van der Waals surface area contributed by atoms with Crippen molar-refractivity contribution in [3.63, 3.8) is 0 Å². The fourth-order valence-electron chi connectivity index (χ4n) is 2.95. The average molecular weight is 363 g/mol. The van der Waals surface area contributed by atoms with Gasteiger partial charge in [0.25, 0.3) is 5.91 Å². The van der Waals surface area contributed by atoms with E-state index in [1.165, 1.54) is 5.56 Å². The number of hydrogen-bond donors (Lipinski definition) is 1. The summed E-state index contributed by atoms with van der Waals surface area (Å²) in [7, 11) is 0. The normalized spacial score (nSPS) is 16.0. The Morgan fingerprint density at radius 3 is 2.46 bits per heavy atom. The summed E-state index contributed by atoms with van der Waals surface area (Å²) in [6, 6.07) is 11.3. The maximum Gasteiger partial charge on any atom is 0.416 e. The number of esters is 1. The van der Waals surface area contributed by atoms with E-state index in [0.717, 1.165) is 42.7 Å². The van der Waals surface area contributed by atoms with E-state index in [0.29, 0.717) is 0 Å². The molecule has 0 saturated carbocycles. The zero-order valence-corrected chi connectivity index (χ0v) is 13.7. The van der Waals surface area contributed by atoms with Crippen LogP contribution in [0.2, 0.25) is 0 Å². The number of amides is 1. The highest BCUT2D eigenvalue weighted by Gasteiger charge is 2.30. The van der Waals surface area contributed by atoms with Crippen molar-refractivity contribution in [2.24, 2.45) is 0 Å². The molecule has 1 N–H and O–H groups in total. The Morgan fingerprint density at radius 2 is 1.77 bits per heavy atom. The molecule has 1 amide bonds. The van der Waals surface area contributed by atoms with E-state index < -0.39 is 30.2 Å². The van der Waals surface area contributed by atoms with Crippen molar-refractivity contribution in [1.82, 2.24) is 5.32 Å². The minimum atomic E-state index is -4.47. The molecule has 0 unspecified atom stereocenters. The molecule has 2 aromatic carbocycles. The van der Waals surface area contributed by atoms with Crippen LogP contribution in [0.1, 0.15) is 39.5 Å². The number of benzene rings is 2. The molecule has 1 atom stereocenters. The second-order valence-electron chi connectivity index (χ2n) is 6.01. The molecule has 1 aliphatic carbocycles. The highest BCUT2D eigenvalue weighted by molar-refractivity contribution is 5.91. The summed E-state index contributed by atoms with van der Waals surface area (Å²) in [5.74, 6) is -1.30. The Bertz CT molecular complexity index is 816. The minimum absolute atomic E-state index is 0.0444. The molecule has 0 aliphatic heterocycles. The molecule has 0 saturated heterocycles. The molecule has 7 heteroatoms. The maximum atomic E-state index is 12.5. The average Bonchev–Trinajstić information content (AvgIpc) is 3.02. The van der Waals surface area contributed by atoms with Crippen molar-refractivity contribution < 1.29 is 27.5 Å². The SMILES string of the molecule is O=C(COC(=O)c1ccc(C(F)(F)F)cc1)N[C@@H]1CCc2ccccc21. The number of alkyl halides is 3. The lowest BCUT2D eigenvalue weighted by Crippen LogP contribution is -2.31. The van der Waals surface area contributed by atoms with Crippen LogP contribution in [0.5, 0.6) is 0 Å². The molecule has 136 valence electrons. The first-order valence-electron chi connectivity index (χ1n) is 8.06. The summed E-state index contributed by atoms with van der Waals surface area (Å²) >= 11 is 0. The van der Waals surface area contributed by atoms with Crippen molar-refractivity contribution >= 4 is 11.9 Å². The number of nitrogens with one attached hydrogen (secondary N) is 1. The molecule has 2 aromatic rings. The van der Waals surface area contributed by atoms with Crippen LogP contribution in [-0.4, -0.2) is 18.5 Å². The van der Waals surface area contributed by atoms with Gasteiger partial charge < -0.3 is 10.1 Å². The van der Waals surface area contributed by atoms with Crippen LogP contribution in [0.3, 0.4) is 0 Å². The first kappa shape index (κ1) is 18.0. The number of hydrogen-bond acceptors (Lipinski definition) is 3. The summed E-state index contributed by atoms with van der Waals surface area (Å²) in [5.41, 5.74) is 1.33. The van der Waals surface area contributed by atoms with E-state index >= 15 is 0 Å². The van der Waals surface area contributed by atoms with Crippen molar-refractivity contribution in [3.8, 4) is 0 Å². The molecule has 0 heterocycles. The van der Waals surface area contributed by atoms with E-state index in [1.807, 2.05) is 24.3 Å². The standard InChI is InChI=1S/C19H16F3NO3/c20-19(21,22)14-8-5-13(6-9-14)18(25)26-11-17(24)23-16-10-7-12-3-1-2-4-15(12)16/h1-6,8-9,16H,7,10-11H2,(H,23,24)/t16-/m1/s1. The maximum absolute atomic E-state index is 12.5. The Labute approximate surface area is 148 Å². The van der Waals surface area contributed by atoms with Crippen LogP contribution in [0.4, 0.5) is 13.2 Å². The predicted molar refractivity (Wildman–Crippen MR) is 87.4 cm³/mol. The van der Waals surface area contributed by atoms with E-state index in [2.05, 4.69) is 5.32 Å². The molecule has 1 aliphatic rings. The Hall–Kier alpha value is -2.83. The van der Waals surface area contributed by atoms with Gasteiger partial charge in [0.05, 0.1) is 17.2 Å². The van der Waals surface area contributed by atoms with Crippen molar-refractivity contribution in [1.29, 1.82) is 0 Å². The third kappa shape index (κ3) is 4.04. The van der Waals surface area contributed by atoms with Crippen molar-refractivity contribution in [3.05, 3.63) is 70.8 Å². The van der Waals surface area contributed by atoms with Crippen LogP contribution in [0.15, 0.2) is 48.5 Å². The number of rotatable bonds is 4. The molecular formula is C19H16F3NO3. The largest absolute Gasteiger partial charge is 0.452 e. The summed E-state index contributed by atoms with van der Waals surface area (Å²) < 4.78 is 42.4. The van der Waals surface area contributed by atoms with Gasteiger partial charge in [0.15, 0.2) is 6.61 Å². The van der Waals surface area contributed by atoms with Crippen LogP contribution in [0.25, 0.3) is 0 Å². The second kappa shape index (κ2) is 7.19. The molecule has 0 radical (unpaired) electrons. The van der Waals surface area contributed by atoms with Crippen LogP contribution in [-0.2, 0) is 22.1 Å². The van der Waals surface area contributed by atoms with Crippen LogP contribution in [0, 0.1) is 0 Å². The van der Waals surface area contributed by atoms with Crippen molar-refractivity contribution in [2.75, 3.05) is 6.61 Å². The number of aryl methyl sites for hydroxylation is 1. The lowest BCUT2D eigenvalue weighted by Gasteiger charge is -2.14. The summed E-state index contributed by atoms with van der Waals surface area (Å²) in [5, 5.41) is 2.81. The molecule has 26 heavy (non-hydrogen) atoms. The lowest BCUT2D eigenvalue weighted by molar-refractivity contribution is -0.137.